The zero-order valence-corrected chi connectivity index (χ0v) is 18.0. The average molecular weight is 418 g/mol. The molecule has 9 heteroatoms. The number of piperidine rings is 1. The van der Waals surface area contributed by atoms with Gasteiger partial charge in [-0.3, -0.25) is 14.3 Å². The Kier molecular flexibility index (Phi) is 7.64. The van der Waals surface area contributed by atoms with E-state index < -0.39 is 0 Å². The Bertz CT molecular complexity index is 899. The van der Waals surface area contributed by atoms with Crippen LogP contribution in [0, 0.1) is 0 Å². The normalized spacial score (nSPS) is 15.3. The van der Waals surface area contributed by atoms with E-state index in [1.165, 1.54) is 4.68 Å². The molecular formula is C21H31N5O4. The lowest BCUT2D eigenvalue weighted by Gasteiger charge is -2.30. The van der Waals surface area contributed by atoms with Crippen molar-refractivity contribution in [2.75, 3.05) is 45.8 Å². The molecule has 0 unspecified atom stereocenters. The molecule has 30 heavy (non-hydrogen) atoms. The molecule has 1 saturated heterocycles. The van der Waals surface area contributed by atoms with Gasteiger partial charge in [0, 0.05) is 31.3 Å². The van der Waals surface area contributed by atoms with Gasteiger partial charge in [-0.25, -0.2) is 9.48 Å². The Morgan fingerprint density at radius 1 is 1.27 bits per heavy atom. The summed E-state index contributed by atoms with van der Waals surface area (Å²) in [4.78, 5) is 27.1. The second-order valence-corrected chi connectivity index (χ2v) is 7.43. The molecule has 9 nitrogen and oxygen atoms in total. The fourth-order valence-electron chi connectivity index (χ4n) is 3.83. The van der Waals surface area contributed by atoms with Crippen LogP contribution in [-0.2, 0) is 22.6 Å². The van der Waals surface area contributed by atoms with E-state index in [1.807, 2.05) is 25.1 Å². The summed E-state index contributed by atoms with van der Waals surface area (Å²) in [6.45, 7) is 5.40. The second kappa shape index (κ2) is 10.4. The van der Waals surface area contributed by atoms with Gasteiger partial charge in [-0.15, -0.1) is 0 Å². The first-order valence-corrected chi connectivity index (χ1v) is 10.4. The van der Waals surface area contributed by atoms with Crippen molar-refractivity contribution in [2.24, 2.45) is 0 Å². The molecule has 0 aliphatic carbocycles. The van der Waals surface area contributed by atoms with Crippen LogP contribution in [0.4, 0.5) is 5.69 Å². The van der Waals surface area contributed by atoms with E-state index in [-0.39, 0.29) is 17.5 Å². The van der Waals surface area contributed by atoms with Gasteiger partial charge in [-0.2, -0.15) is 5.10 Å². The first-order chi connectivity index (χ1) is 14.5. The minimum atomic E-state index is -0.0790. The maximum atomic E-state index is 12.5. The van der Waals surface area contributed by atoms with Gasteiger partial charge in [-0.1, -0.05) is 6.07 Å². The van der Waals surface area contributed by atoms with E-state index in [0.29, 0.717) is 32.0 Å². The van der Waals surface area contributed by atoms with E-state index in [9.17, 15) is 9.59 Å². The van der Waals surface area contributed by atoms with Crippen LogP contribution in [-0.4, -0.2) is 65.6 Å². The summed E-state index contributed by atoms with van der Waals surface area (Å²) in [5.74, 6) is 1.73. The predicted molar refractivity (Wildman–Crippen MR) is 114 cm³/mol. The maximum Gasteiger partial charge on any atom is 0.345 e. The molecule has 0 atom stereocenters. The van der Waals surface area contributed by atoms with Crippen LogP contribution in [0.3, 0.4) is 0 Å². The third-order valence-electron chi connectivity index (χ3n) is 5.45. The number of ether oxygens (including phenoxy) is 2. The monoisotopic (exact) mass is 417 g/mol. The molecule has 1 aromatic heterocycles. The van der Waals surface area contributed by atoms with Gasteiger partial charge in [0.15, 0.2) is 0 Å². The van der Waals surface area contributed by atoms with Gasteiger partial charge >= 0.3 is 5.69 Å². The Hall–Kier alpha value is -2.65. The summed E-state index contributed by atoms with van der Waals surface area (Å²) >= 11 is 0. The van der Waals surface area contributed by atoms with Crippen LogP contribution in [0.15, 0.2) is 29.1 Å². The van der Waals surface area contributed by atoms with Crippen LogP contribution in [0.25, 0.3) is 0 Å². The van der Waals surface area contributed by atoms with Crippen LogP contribution >= 0.6 is 0 Å². The molecule has 3 rings (SSSR count). The topological polar surface area (TPSA) is 90.6 Å². The van der Waals surface area contributed by atoms with E-state index in [4.69, 9.17) is 9.47 Å². The maximum absolute atomic E-state index is 12.5. The minimum Gasteiger partial charge on any atom is -0.497 e. The lowest BCUT2D eigenvalue weighted by atomic mass is 9.96. The van der Waals surface area contributed by atoms with Crippen LogP contribution in [0.2, 0.25) is 0 Å². The van der Waals surface area contributed by atoms with E-state index in [0.717, 1.165) is 37.4 Å². The highest BCUT2D eigenvalue weighted by molar-refractivity contribution is 5.92. The lowest BCUT2D eigenvalue weighted by Crippen LogP contribution is -2.39. The highest BCUT2D eigenvalue weighted by Crippen LogP contribution is 2.26. The molecule has 2 aromatic rings. The zero-order valence-electron chi connectivity index (χ0n) is 18.0. The Balaban J connectivity index is 1.55. The molecule has 0 bridgehead atoms. The molecule has 1 N–H and O–H groups in total. The fourth-order valence-corrected chi connectivity index (χ4v) is 3.83. The number of nitrogens with one attached hydrogen (secondary N) is 1. The third kappa shape index (κ3) is 5.28. The molecule has 1 aliphatic heterocycles. The Morgan fingerprint density at radius 2 is 2.03 bits per heavy atom. The number of carbonyl (C=O) groups excluding carboxylic acids is 1. The number of amides is 1. The summed E-state index contributed by atoms with van der Waals surface area (Å²) in [6, 6.07) is 7.33. The van der Waals surface area contributed by atoms with Gasteiger partial charge < -0.3 is 14.8 Å². The zero-order chi connectivity index (χ0) is 21.5. The molecule has 1 amide bonds. The fraction of sp³-hybridized carbons (Fsp3) is 0.571. The van der Waals surface area contributed by atoms with Gasteiger partial charge in [-0.05, 0) is 45.0 Å². The first kappa shape index (κ1) is 22.0. The summed E-state index contributed by atoms with van der Waals surface area (Å²) < 4.78 is 13.5. The molecule has 1 aliphatic rings. The number of likely N-dealkylation sites (tertiary alicyclic amines) is 1. The standard InChI is InChI=1S/C21H31N5O4/c1-4-25-20(23-26(21(25)28)12-13-29-2)16-8-10-24(11-9-16)15-19(27)22-17-6-5-7-18(14-17)30-3/h5-7,14,16H,4,8-13,15H2,1-3H3,(H,22,27). The van der Waals surface area contributed by atoms with Crippen molar-refractivity contribution in [1.29, 1.82) is 0 Å². The molecular weight excluding hydrogens is 386 g/mol. The summed E-state index contributed by atoms with van der Waals surface area (Å²) in [5.41, 5.74) is 0.646. The number of aromatic nitrogens is 3. The minimum absolute atomic E-state index is 0.0454. The largest absolute Gasteiger partial charge is 0.497 e. The van der Waals surface area contributed by atoms with Crippen molar-refractivity contribution in [3.05, 3.63) is 40.6 Å². The van der Waals surface area contributed by atoms with Gasteiger partial charge in [0.25, 0.3) is 0 Å². The van der Waals surface area contributed by atoms with Gasteiger partial charge in [0.05, 0.1) is 26.8 Å². The van der Waals surface area contributed by atoms with E-state index in [1.54, 1.807) is 24.9 Å². The summed E-state index contributed by atoms with van der Waals surface area (Å²) in [5, 5.41) is 7.50. The van der Waals surface area contributed by atoms with Crippen LogP contribution in [0.5, 0.6) is 5.75 Å². The Labute approximate surface area is 176 Å². The number of methoxy groups -OCH3 is 2. The molecule has 164 valence electrons. The van der Waals surface area contributed by atoms with E-state index in [2.05, 4.69) is 15.3 Å². The quantitative estimate of drug-likeness (QED) is 0.666. The molecule has 2 heterocycles. The van der Waals surface area contributed by atoms with E-state index >= 15 is 0 Å². The van der Waals surface area contributed by atoms with Crippen molar-refractivity contribution in [3.8, 4) is 5.75 Å². The third-order valence-corrected chi connectivity index (χ3v) is 5.45. The van der Waals surface area contributed by atoms with Crippen LogP contribution in [0.1, 0.15) is 31.5 Å². The molecule has 1 aromatic carbocycles. The highest BCUT2D eigenvalue weighted by Gasteiger charge is 2.27. The second-order valence-electron chi connectivity index (χ2n) is 7.43. The summed E-state index contributed by atoms with van der Waals surface area (Å²) in [6.07, 6.45) is 1.74. The number of carbonyl (C=O) groups is 1. The van der Waals surface area contributed by atoms with Crippen molar-refractivity contribution in [3.63, 3.8) is 0 Å². The average Bonchev–Trinajstić information content (AvgIpc) is 3.08. The van der Waals surface area contributed by atoms with Gasteiger partial charge in [0.2, 0.25) is 5.91 Å². The molecule has 0 spiro atoms. The number of benzene rings is 1. The highest BCUT2D eigenvalue weighted by atomic mass is 16.5. The first-order valence-electron chi connectivity index (χ1n) is 10.4. The summed E-state index contributed by atoms with van der Waals surface area (Å²) in [7, 11) is 3.21. The lowest BCUT2D eigenvalue weighted by molar-refractivity contribution is -0.117. The number of nitrogens with zero attached hydrogens (tertiary/aromatic N) is 4. The van der Waals surface area contributed by atoms with Gasteiger partial charge in [0.1, 0.15) is 11.6 Å². The molecule has 0 radical (unpaired) electrons. The number of rotatable bonds is 9. The van der Waals surface area contributed by atoms with Crippen molar-refractivity contribution >= 4 is 11.6 Å². The SMILES string of the molecule is CCn1c(C2CCN(CC(=O)Nc3cccc(OC)c3)CC2)nn(CCOC)c1=O. The van der Waals surface area contributed by atoms with Crippen LogP contribution < -0.4 is 15.7 Å². The number of hydrogen-bond donors (Lipinski definition) is 1. The predicted octanol–water partition coefficient (Wildman–Crippen LogP) is 1.54. The molecule has 0 saturated carbocycles. The van der Waals surface area contributed by atoms with Crippen molar-refractivity contribution < 1.29 is 14.3 Å². The smallest absolute Gasteiger partial charge is 0.345 e. The van der Waals surface area contributed by atoms with Crippen molar-refractivity contribution in [2.45, 2.75) is 38.8 Å². The number of hydrogen-bond acceptors (Lipinski definition) is 6. The number of anilines is 1. The van der Waals surface area contributed by atoms with Crippen molar-refractivity contribution in [1.82, 2.24) is 19.2 Å². The Morgan fingerprint density at radius 3 is 2.70 bits per heavy atom. The molecule has 1 fully saturated rings.